The molecule has 2 aromatic rings. The molecule has 0 saturated carbocycles. The lowest BCUT2D eigenvalue weighted by Crippen LogP contribution is -2.02. The SMILES string of the molecule is C=C(C)Cn1c(CS)nc2cc(OCC)ccc21. The summed E-state index contributed by atoms with van der Waals surface area (Å²) in [5, 5.41) is 0. The van der Waals surface area contributed by atoms with Crippen molar-refractivity contribution in [2.24, 2.45) is 0 Å². The molecule has 0 N–H and O–H groups in total. The summed E-state index contributed by atoms with van der Waals surface area (Å²) in [5.74, 6) is 2.44. The standard InChI is InChI=1S/C14H18N2OS/c1-4-17-11-5-6-13-12(7-11)15-14(9-18)16(13)8-10(2)3/h5-7,18H,2,4,8-9H2,1,3H3. The molecular formula is C14H18N2OS. The average molecular weight is 262 g/mol. The number of ether oxygens (including phenoxy) is 1. The maximum atomic E-state index is 5.49. The summed E-state index contributed by atoms with van der Waals surface area (Å²) >= 11 is 4.34. The Morgan fingerprint density at radius 1 is 1.50 bits per heavy atom. The number of benzene rings is 1. The van der Waals surface area contributed by atoms with Gasteiger partial charge >= 0.3 is 0 Å². The Balaban J connectivity index is 2.51. The van der Waals surface area contributed by atoms with Crippen molar-refractivity contribution in [1.82, 2.24) is 9.55 Å². The van der Waals surface area contributed by atoms with Gasteiger partial charge in [0.2, 0.25) is 0 Å². The van der Waals surface area contributed by atoms with Gasteiger partial charge in [0.25, 0.3) is 0 Å². The van der Waals surface area contributed by atoms with Crippen LogP contribution in [0.25, 0.3) is 11.0 Å². The van der Waals surface area contributed by atoms with Crippen LogP contribution >= 0.6 is 12.6 Å². The van der Waals surface area contributed by atoms with Crippen molar-refractivity contribution in [2.45, 2.75) is 26.1 Å². The fraction of sp³-hybridized carbons (Fsp3) is 0.357. The number of allylic oxidation sites excluding steroid dienone is 1. The molecule has 18 heavy (non-hydrogen) atoms. The highest BCUT2D eigenvalue weighted by molar-refractivity contribution is 7.79. The second kappa shape index (κ2) is 5.48. The number of hydrogen-bond donors (Lipinski definition) is 1. The van der Waals surface area contributed by atoms with Crippen LogP contribution in [0.3, 0.4) is 0 Å². The molecule has 1 heterocycles. The third-order valence-electron chi connectivity index (χ3n) is 2.68. The van der Waals surface area contributed by atoms with Crippen LogP contribution in [0.5, 0.6) is 5.75 Å². The average Bonchev–Trinajstić information content (AvgIpc) is 2.66. The molecule has 4 heteroatoms. The molecule has 1 aromatic carbocycles. The molecule has 1 aromatic heterocycles. The minimum absolute atomic E-state index is 0.617. The lowest BCUT2D eigenvalue weighted by atomic mass is 10.3. The van der Waals surface area contributed by atoms with Crippen LogP contribution < -0.4 is 4.74 Å². The maximum absolute atomic E-state index is 5.49. The van der Waals surface area contributed by atoms with E-state index in [0.29, 0.717) is 12.4 Å². The summed E-state index contributed by atoms with van der Waals surface area (Å²) in [6.07, 6.45) is 0. The molecule has 0 aliphatic heterocycles. The van der Waals surface area contributed by atoms with E-state index in [1.807, 2.05) is 32.0 Å². The lowest BCUT2D eigenvalue weighted by molar-refractivity contribution is 0.340. The van der Waals surface area contributed by atoms with Gasteiger partial charge in [0, 0.05) is 18.4 Å². The fourth-order valence-corrected chi connectivity index (χ4v) is 2.22. The molecule has 3 nitrogen and oxygen atoms in total. The van der Waals surface area contributed by atoms with Crippen molar-refractivity contribution in [3.05, 3.63) is 36.2 Å². The first kappa shape index (κ1) is 13.0. The molecule has 0 spiro atoms. The Kier molecular flexibility index (Phi) is 3.97. The molecule has 0 aliphatic carbocycles. The molecular weight excluding hydrogens is 244 g/mol. The van der Waals surface area contributed by atoms with E-state index in [-0.39, 0.29) is 0 Å². The zero-order valence-electron chi connectivity index (χ0n) is 10.8. The van der Waals surface area contributed by atoms with E-state index in [2.05, 4.69) is 28.8 Å². The van der Waals surface area contributed by atoms with Gasteiger partial charge in [-0.15, -0.1) is 0 Å². The number of hydrogen-bond acceptors (Lipinski definition) is 3. The Morgan fingerprint density at radius 2 is 2.28 bits per heavy atom. The number of rotatable bonds is 5. The largest absolute Gasteiger partial charge is 0.494 e. The molecule has 0 unspecified atom stereocenters. The monoisotopic (exact) mass is 262 g/mol. The highest BCUT2D eigenvalue weighted by Gasteiger charge is 2.10. The van der Waals surface area contributed by atoms with E-state index in [9.17, 15) is 0 Å². The van der Waals surface area contributed by atoms with Crippen molar-refractivity contribution in [3.8, 4) is 5.75 Å². The van der Waals surface area contributed by atoms with Crippen LogP contribution in [0.2, 0.25) is 0 Å². The number of fused-ring (bicyclic) bond motifs is 1. The summed E-state index contributed by atoms with van der Waals surface area (Å²) < 4.78 is 7.65. The third-order valence-corrected chi connectivity index (χ3v) is 2.96. The molecule has 2 rings (SSSR count). The molecule has 0 atom stereocenters. The second-order valence-corrected chi connectivity index (χ2v) is 4.63. The molecule has 0 fully saturated rings. The summed E-state index contributed by atoms with van der Waals surface area (Å²) in [6.45, 7) is 9.39. The van der Waals surface area contributed by atoms with Crippen molar-refractivity contribution in [3.63, 3.8) is 0 Å². The third kappa shape index (κ3) is 2.53. The van der Waals surface area contributed by atoms with Gasteiger partial charge in [-0.25, -0.2) is 4.98 Å². The highest BCUT2D eigenvalue weighted by atomic mass is 32.1. The minimum Gasteiger partial charge on any atom is -0.494 e. The molecule has 96 valence electrons. The van der Waals surface area contributed by atoms with E-state index >= 15 is 0 Å². The number of aromatic nitrogens is 2. The van der Waals surface area contributed by atoms with E-state index in [0.717, 1.165) is 34.7 Å². The van der Waals surface area contributed by atoms with Crippen LogP contribution in [0.4, 0.5) is 0 Å². The van der Waals surface area contributed by atoms with Gasteiger partial charge in [-0.2, -0.15) is 12.6 Å². The lowest BCUT2D eigenvalue weighted by Gasteiger charge is -2.07. The van der Waals surface area contributed by atoms with Gasteiger partial charge in [-0.05, 0) is 26.0 Å². The molecule has 0 amide bonds. The second-order valence-electron chi connectivity index (χ2n) is 4.31. The van der Waals surface area contributed by atoms with Gasteiger partial charge in [0.15, 0.2) is 0 Å². The summed E-state index contributed by atoms with van der Waals surface area (Å²) in [5.41, 5.74) is 3.16. The van der Waals surface area contributed by atoms with E-state index in [1.165, 1.54) is 0 Å². The Hall–Kier alpha value is -1.42. The number of nitrogens with zero attached hydrogens (tertiary/aromatic N) is 2. The highest BCUT2D eigenvalue weighted by Crippen LogP contribution is 2.23. The van der Waals surface area contributed by atoms with Gasteiger partial charge in [-0.3, -0.25) is 0 Å². The molecule has 0 aliphatic rings. The first-order chi connectivity index (χ1) is 8.65. The quantitative estimate of drug-likeness (QED) is 0.660. The topological polar surface area (TPSA) is 27.1 Å². The maximum Gasteiger partial charge on any atom is 0.121 e. The van der Waals surface area contributed by atoms with E-state index in [4.69, 9.17) is 4.74 Å². The number of imidazole rings is 1. The smallest absolute Gasteiger partial charge is 0.121 e. The van der Waals surface area contributed by atoms with Crippen LogP contribution in [0.15, 0.2) is 30.4 Å². The predicted octanol–water partition coefficient (Wildman–Crippen LogP) is 3.44. The predicted molar refractivity (Wildman–Crippen MR) is 78.4 cm³/mol. The molecule has 0 bridgehead atoms. The van der Waals surface area contributed by atoms with Crippen molar-refractivity contribution < 1.29 is 4.74 Å². The van der Waals surface area contributed by atoms with Gasteiger partial charge < -0.3 is 9.30 Å². The van der Waals surface area contributed by atoms with Crippen molar-refractivity contribution in [2.75, 3.05) is 6.61 Å². The van der Waals surface area contributed by atoms with Crippen LogP contribution in [0.1, 0.15) is 19.7 Å². The summed E-state index contributed by atoms with van der Waals surface area (Å²) in [7, 11) is 0. The van der Waals surface area contributed by atoms with Crippen molar-refractivity contribution >= 4 is 23.7 Å². The first-order valence-electron chi connectivity index (χ1n) is 6.03. The van der Waals surface area contributed by atoms with Crippen LogP contribution in [-0.4, -0.2) is 16.2 Å². The van der Waals surface area contributed by atoms with E-state index < -0.39 is 0 Å². The zero-order chi connectivity index (χ0) is 13.1. The molecule has 0 saturated heterocycles. The zero-order valence-corrected chi connectivity index (χ0v) is 11.7. The van der Waals surface area contributed by atoms with Crippen LogP contribution in [0, 0.1) is 0 Å². The van der Waals surface area contributed by atoms with Gasteiger partial charge in [0.1, 0.15) is 11.6 Å². The summed E-state index contributed by atoms with van der Waals surface area (Å²) in [4.78, 5) is 4.59. The Bertz CT molecular complexity index is 574. The summed E-state index contributed by atoms with van der Waals surface area (Å²) in [6, 6.07) is 5.99. The fourth-order valence-electron chi connectivity index (χ4n) is 1.98. The van der Waals surface area contributed by atoms with Crippen LogP contribution in [-0.2, 0) is 12.3 Å². The van der Waals surface area contributed by atoms with E-state index in [1.54, 1.807) is 0 Å². The molecule has 0 radical (unpaired) electrons. The van der Waals surface area contributed by atoms with Crippen molar-refractivity contribution in [1.29, 1.82) is 0 Å². The normalized spacial score (nSPS) is 10.8. The Morgan fingerprint density at radius 3 is 2.89 bits per heavy atom. The van der Waals surface area contributed by atoms with Gasteiger partial charge in [0.05, 0.1) is 17.6 Å². The number of thiol groups is 1. The van der Waals surface area contributed by atoms with Gasteiger partial charge in [-0.1, -0.05) is 12.2 Å². The first-order valence-corrected chi connectivity index (χ1v) is 6.66. The minimum atomic E-state index is 0.617. The Labute approximate surface area is 113 Å².